The van der Waals surface area contributed by atoms with Crippen molar-refractivity contribution in [1.82, 2.24) is 15.0 Å². The molecule has 0 spiro atoms. The van der Waals surface area contributed by atoms with E-state index in [-0.39, 0.29) is 35.9 Å². The van der Waals surface area contributed by atoms with Crippen LogP contribution in [0.25, 0.3) is 11.4 Å². The normalized spacial score (nSPS) is 22.9. The first-order valence-electron chi connectivity index (χ1n) is 9.66. The van der Waals surface area contributed by atoms with Gasteiger partial charge in [0.05, 0.1) is 12.6 Å². The maximum absolute atomic E-state index is 14.9. The van der Waals surface area contributed by atoms with Crippen molar-refractivity contribution in [2.45, 2.75) is 44.6 Å². The summed E-state index contributed by atoms with van der Waals surface area (Å²) >= 11 is 0. The van der Waals surface area contributed by atoms with Gasteiger partial charge in [0.2, 0.25) is 11.7 Å². The standard InChI is InChI=1S/C19H18F4N4O5/c1-8-7-30-14-5-9(15-25-17(32-26-15)19(21,22)23)4-13(20)12(14)6-27(8)16(28)10-2-11(3-10)31-18(24)29/h4-5,8,10-11H,2-3,6-7H2,1H3,(H2,24,29)/t8-,10?,11?/m0/s1. The van der Waals surface area contributed by atoms with Crippen molar-refractivity contribution in [1.29, 1.82) is 0 Å². The van der Waals surface area contributed by atoms with Crippen LogP contribution in [-0.4, -0.2) is 45.8 Å². The molecule has 172 valence electrons. The van der Waals surface area contributed by atoms with E-state index in [1.807, 2.05) is 0 Å². The average molecular weight is 458 g/mol. The van der Waals surface area contributed by atoms with E-state index in [9.17, 15) is 27.2 Å². The van der Waals surface area contributed by atoms with Gasteiger partial charge in [-0.1, -0.05) is 5.16 Å². The van der Waals surface area contributed by atoms with E-state index in [0.29, 0.717) is 12.8 Å². The lowest BCUT2D eigenvalue weighted by Crippen LogP contribution is -2.48. The maximum Gasteiger partial charge on any atom is 0.471 e. The van der Waals surface area contributed by atoms with Crippen LogP contribution >= 0.6 is 0 Å². The van der Waals surface area contributed by atoms with Crippen LogP contribution in [0.5, 0.6) is 5.75 Å². The van der Waals surface area contributed by atoms with Crippen LogP contribution in [0.1, 0.15) is 31.2 Å². The molecule has 13 heteroatoms. The Balaban J connectivity index is 1.54. The number of alkyl halides is 3. The molecule has 0 bridgehead atoms. The highest BCUT2D eigenvalue weighted by atomic mass is 19.4. The predicted molar refractivity (Wildman–Crippen MR) is 97.4 cm³/mol. The highest BCUT2D eigenvalue weighted by Gasteiger charge is 2.41. The van der Waals surface area contributed by atoms with Gasteiger partial charge in [-0.3, -0.25) is 4.79 Å². The third-order valence-electron chi connectivity index (χ3n) is 5.43. The number of halogens is 4. The number of carbonyl (C=O) groups is 2. The number of carbonyl (C=O) groups excluding carboxylic acids is 2. The number of amides is 2. The van der Waals surface area contributed by atoms with E-state index < -0.39 is 47.9 Å². The zero-order valence-corrected chi connectivity index (χ0v) is 16.7. The highest BCUT2D eigenvalue weighted by molar-refractivity contribution is 5.80. The zero-order chi connectivity index (χ0) is 23.2. The fourth-order valence-electron chi connectivity index (χ4n) is 3.66. The number of nitrogens with two attached hydrogens (primary N) is 1. The molecule has 32 heavy (non-hydrogen) atoms. The number of hydrogen-bond donors (Lipinski definition) is 1. The predicted octanol–water partition coefficient (Wildman–Crippen LogP) is 2.88. The van der Waals surface area contributed by atoms with E-state index in [4.69, 9.17) is 15.2 Å². The zero-order valence-electron chi connectivity index (χ0n) is 16.7. The summed E-state index contributed by atoms with van der Waals surface area (Å²) in [4.78, 5) is 28.5. The summed E-state index contributed by atoms with van der Waals surface area (Å²) in [6.07, 6.45) is -5.53. The number of aromatic nitrogens is 2. The van der Waals surface area contributed by atoms with Crippen molar-refractivity contribution >= 4 is 12.0 Å². The molecule has 2 aromatic rings. The molecule has 2 amide bonds. The first-order chi connectivity index (χ1) is 15.0. The number of fused-ring (bicyclic) bond motifs is 1. The monoisotopic (exact) mass is 458 g/mol. The van der Waals surface area contributed by atoms with E-state index in [1.54, 1.807) is 6.92 Å². The fourth-order valence-corrected chi connectivity index (χ4v) is 3.66. The Bertz CT molecular complexity index is 1050. The van der Waals surface area contributed by atoms with Gasteiger partial charge in [-0.15, -0.1) is 0 Å². The quantitative estimate of drug-likeness (QED) is 0.702. The van der Waals surface area contributed by atoms with Gasteiger partial charge in [-0.05, 0) is 31.9 Å². The van der Waals surface area contributed by atoms with Gasteiger partial charge in [0.15, 0.2) is 0 Å². The molecular formula is C19H18F4N4O5. The van der Waals surface area contributed by atoms with Gasteiger partial charge >= 0.3 is 18.2 Å². The van der Waals surface area contributed by atoms with Crippen molar-refractivity contribution in [2.75, 3.05) is 6.61 Å². The molecule has 0 saturated heterocycles. The Morgan fingerprint density at radius 1 is 1.28 bits per heavy atom. The van der Waals surface area contributed by atoms with Gasteiger partial charge in [0.1, 0.15) is 24.3 Å². The Kier molecular flexibility index (Phi) is 5.42. The second kappa shape index (κ2) is 7.95. The Morgan fingerprint density at radius 2 is 2.00 bits per heavy atom. The molecule has 0 radical (unpaired) electrons. The van der Waals surface area contributed by atoms with E-state index in [1.165, 1.54) is 11.0 Å². The van der Waals surface area contributed by atoms with Gasteiger partial charge in [-0.2, -0.15) is 18.2 Å². The molecule has 2 N–H and O–H groups in total. The topological polar surface area (TPSA) is 121 Å². The van der Waals surface area contributed by atoms with Gasteiger partial charge in [0, 0.05) is 17.0 Å². The molecule has 2 aliphatic rings. The van der Waals surface area contributed by atoms with Crippen molar-refractivity contribution in [2.24, 2.45) is 11.7 Å². The Labute approximate surface area is 178 Å². The molecule has 1 aliphatic heterocycles. The molecule has 1 atom stereocenters. The summed E-state index contributed by atoms with van der Waals surface area (Å²) in [7, 11) is 0. The van der Waals surface area contributed by atoms with E-state index in [2.05, 4.69) is 14.7 Å². The van der Waals surface area contributed by atoms with Crippen molar-refractivity contribution in [3.05, 3.63) is 29.4 Å². The number of ether oxygens (including phenoxy) is 2. The summed E-state index contributed by atoms with van der Waals surface area (Å²) < 4.78 is 67.7. The molecule has 2 heterocycles. The summed E-state index contributed by atoms with van der Waals surface area (Å²) in [5.41, 5.74) is 4.99. The average Bonchev–Trinajstić information content (AvgIpc) is 3.11. The molecule has 1 saturated carbocycles. The van der Waals surface area contributed by atoms with Gasteiger partial charge in [-0.25, -0.2) is 9.18 Å². The van der Waals surface area contributed by atoms with Crippen LogP contribution in [0.15, 0.2) is 16.7 Å². The summed E-state index contributed by atoms with van der Waals surface area (Å²) in [5, 5.41) is 3.26. The minimum absolute atomic E-state index is 0.0373. The van der Waals surface area contributed by atoms with Crippen molar-refractivity contribution in [3.63, 3.8) is 0 Å². The number of hydrogen-bond acceptors (Lipinski definition) is 7. The van der Waals surface area contributed by atoms with Crippen molar-refractivity contribution < 1.29 is 41.1 Å². The lowest BCUT2D eigenvalue weighted by Gasteiger charge is -2.38. The Morgan fingerprint density at radius 3 is 2.62 bits per heavy atom. The first-order valence-corrected chi connectivity index (χ1v) is 9.66. The van der Waals surface area contributed by atoms with Crippen molar-refractivity contribution in [3.8, 4) is 17.1 Å². The molecule has 4 rings (SSSR count). The largest absolute Gasteiger partial charge is 0.491 e. The minimum Gasteiger partial charge on any atom is -0.491 e. The SMILES string of the molecule is C[C@H]1COc2cc(-c3noc(C(F)(F)F)n3)cc(F)c2CN1C(=O)C1CC(OC(N)=O)C1. The van der Waals surface area contributed by atoms with Crippen LogP contribution in [0, 0.1) is 11.7 Å². The Hall–Kier alpha value is -3.38. The van der Waals surface area contributed by atoms with E-state index >= 15 is 0 Å². The third-order valence-corrected chi connectivity index (χ3v) is 5.43. The third kappa shape index (κ3) is 4.18. The van der Waals surface area contributed by atoms with Crippen LogP contribution in [0.2, 0.25) is 0 Å². The van der Waals surface area contributed by atoms with Crippen LogP contribution < -0.4 is 10.5 Å². The molecule has 1 aromatic heterocycles. The smallest absolute Gasteiger partial charge is 0.471 e. The lowest BCUT2D eigenvalue weighted by molar-refractivity contribution is -0.159. The maximum atomic E-state index is 14.9. The summed E-state index contributed by atoms with van der Waals surface area (Å²) in [6.45, 7) is 1.67. The van der Waals surface area contributed by atoms with Gasteiger partial charge in [0.25, 0.3) is 0 Å². The summed E-state index contributed by atoms with van der Waals surface area (Å²) in [6, 6.07) is 1.87. The first kappa shape index (κ1) is 21.8. The molecule has 9 nitrogen and oxygen atoms in total. The lowest BCUT2D eigenvalue weighted by atomic mass is 9.81. The minimum atomic E-state index is -4.83. The number of nitrogens with zero attached hydrogens (tertiary/aromatic N) is 3. The molecule has 0 unspecified atom stereocenters. The van der Waals surface area contributed by atoms with Crippen LogP contribution in [0.3, 0.4) is 0 Å². The molecule has 1 fully saturated rings. The van der Waals surface area contributed by atoms with Crippen LogP contribution in [0.4, 0.5) is 22.4 Å². The fraction of sp³-hybridized carbons (Fsp3) is 0.474. The van der Waals surface area contributed by atoms with Crippen LogP contribution in [-0.2, 0) is 22.3 Å². The van der Waals surface area contributed by atoms with Gasteiger partial charge < -0.3 is 24.6 Å². The second-order valence-corrected chi connectivity index (χ2v) is 7.71. The summed E-state index contributed by atoms with van der Waals surface area (Å²) in [5.74, 6) is -3.34. The van der Waals surface area contributed by atoms with E-state index in [0.717, 1.165) is 6.07 Å². The number of benzene rings is 1. The second-order valence-electron chi connectivity index (χ2n) is 7.71. The number of primary amides is 1. The molecular weight excluding hydrogens is 440 g/mol. The molecule has 1 aromatic carbocycles. The highest BCUT2D eigenvalue weighted by Crippen LogP contribution is 2.37. The molecule has 1 aliphatic carbocycles. The number of rotatable bonds is 3.